The van der Waals surface area contributed by atoms with Crippen LogP contribution in [-0.2, 0) is 0 Å². The van der Waals surface area contributed by atoms with Crippen LogP contribution in [0.15, 0.2) is 24.0 Å². The van der Waals surface area contributed by atoms with Crippen molar-refractivity contribution in [1.82, 2.24) is 9.97 Å². The van der Waals surface area contributed by atoms with E-state index in [1.54, 1.807) is 18.0 Å². The third-order valence-corrected chi connectivity index (χ3v) is 2.56. The third kappa shape index (κ3) is 2.94. The maximum atomic E-state index is 5.44. The lowest BCUT2D eigenvalue weighted by atomic mass is 10.2. The van der Waals surface area contributed by atoms with Crippen LogP contribution in [0.1, 0.15) is 25.7 Å². The molecule has 0 spiro atoms. The Bertz CT molecular complexity index is 342. The summed E-state index contributed by atoms with van der Waals surface area (Å²) in [5.74, 6) is 1.25. The van der Waals surface area contributed by atoms with Gasteiger partial charge in [-0.1, -0.05) is 11.6 Å². The molecule has 1 aliphatic rings. The molecule has 0 amide bonds. The van der Waals surface area contributed by atoms with E-state index < -0.39 is 0 Å². The lowest BCUT2D eigenvalue weighted by Crippen LogP contribution is -2.05. The lowest BCUT2D eigenvalue weighted by molar-refractivity contribution is 0.861. The third-order valence-electron chi connectivity index (χ3n) is 2.56. The van der Waals surface area contributed by atoms with Gasteiger partial charge >= 0.3 is 0 Å². The number of nitrogens with two attached hydrogens (primary N) is 1. The highest BCUT2D eigenvalue weighted by Gasteiger charge is 2.03. The molecule has 2 rings (SSSR count). The predicted octanol–water partition coefficient (Wildman–Crippen LogP) is 1.97. The molecule has 0 atom stereocenters. The molecule has 3 N–H and O–H groups in total. The van der Waals surface area contributed by atoms with Crippen LogP contribution < -0.4 is 11.1 Å². The van der Waals surface area contributed by atoms with Crippen LogP contribution in [0.4, 0.5) is 11.6 Å². The molecule has 0 radical (unpaired) electrons. The van der Waals surface area contributed by atoms with Crippen LogP contribution in [0.3, 0.4) is 0 Å². The van der Waals surface area contributed by atoms with Gasteiger partial charge in [-0.2, -0.15) is 0 Å². The van der Waals surface area contributed by atoms with Crippen LogP contribution in [0.2, 0.25) is 0 Å². The number of nitrogen functional groups attached to an aromatic ring is 1. The van der Waals surface area contributed by atoms with Crippen molar-refractivity contribution in [2.75, 3.05) is 17.6 Å². The minimum absolute atomic E-state index is 0.457. The second kappa shape index (κ2) is 4.77. The van der Waals surface area contributed by atoms with Gasteiger partial charge in [-0.15, -0.1) is 0 Å². The molecule has 4 heteroatoms. The SMILES string of the molecule is Nc1cnc(NCCC2=CCCC2)cn1. The van der Waals surface area contributed by atoms with Crippen LogP contribution in [0.25, 0.3) is 0 Å². The summed E-state index contributed by atoms with van der Waals surface area (Å²) in [5.41, 5.74) is 7.01. The summed E-state index contributed by atoms with van der Waals surface area (Å²) in [5, 5.41) is 3.23. The first-order chi connectivity index (χ1) is 7.34. The second-order valence-electron chi connectivity index (χ2n) is 3.76. The highest BCUT2D eigenvalue weighted by atomic mass is 15.0. The molecule has 1 aromatic rings. The number of aromatic nitrogens is 2. The van der Waals surface area contributed by atoms with Crippen molar-refractivity contribution in [3.8, 4) is 0 Å². The Morgan fingerprint density at radius 1 is 1.33 bits per heavy atom. The quantitative estimate of drug-likeness (QED) is 0.736. The maximum Gasteiger partial charge on any atom is 0.144 e. The van der Waals surface area contributed by atoms with Gasteiger partial charge in [0.25, 0.3) is 0 Å². The van der Waals surface area contributed by atoms with Crippen molar-refractivity contribution in [3.05, 3.63) is 24.0 Å². The van der Waals surface area contributed by atoms with Crippen molar-refractivity contribution in [1.29, 1.82) is 0 Å². The zero-order valence-corrected chi connectivity index (χ0v) is 8.74. The Hall–Kier alpha value is -1.58. The number of hydrogen-bond donors (Lipinski definition) is 2. The number of hydrogen-bond acceptors (Lipinski definition) is 4. The van der Waals surface area contributed by atoms with E-state index in [1.165, 1.54) is 19.3 Å². The van der Waals surface area contributed by atoms with Crippen molar-refractivity contribution in [2.45, 2.75) is 25.7 Å². The zero-order valence-electron chi connectivity index (χ0n) is 8.74. The fourth-order valence-corrected chi connectivity index (χ4v) is 1.74. The molecule has 0 bridgehead atoms. The van der Waals surface area contributed by atoms with Gasteiger partial charge in [0.2, 0.25) is 0 Å². The fourth-order valence-electron chi connectivity index (χ4n) is 1.74. The van der Waals surface area contributed by atoms with Gasteiger partial charge in [-0.05, 0) is 25.7 Å². The summed E-state index contributed by atoms with van der Waals surface area (Å²) < 4.78 is 0. The minimum Gasteiger partial charge on any atom is -0.382 e. The molecular weight excluding hydrogens is 188 g/mol. The summed E-state index contributed by atoms with van der Waals surface area (Å²) in [6, 6.07) is 0. The van der Waals surface area contributed by atoms with Crippen molar-refractivity contribution < 1.29 is 0 Å². The Labute approximate surface area is 89.6 Å². The van der Waals surface area contributed by atoms with E-state index in [9.17, 15) is 0 Å². The van der Waals surface area contributed by atoms with Gasteiger partial charge in [-0.25, -0.2) is 9.97 Å². The second-order valence-corrected chi connectivity index (χ2v) is 3.76. The summed E-state index contributed by atoms with van der Waals surface area (Å²) >= 11 is 0. The van der Waals surface area contributed by atoms with Gasteiger partial charge in [0.05, 0.1) is 12.4 Å². The van der Waals surface area contributed by atoms with E-state index in [1.807, 2.05) is 0 Å². The Morgan fingerprint density at radius 3 is 2.93 bits per heavy atom. The number of nitrogens with one attached hydrogen (secondary N) is 1. The molecule has 80 valence electrons. The van der Waals surface area contributed by atoms with Crippen LogP contribution in [0.5, 0.6) is 0 Å². The number of rotatable bonds is 4. The molecule has 1 aromatic heterocycles. The molecule has 1 heterocycles. The van der Waals surface area contributed by atoms with Gasteiger partial charge < -0.3 is 11.1 Å². The summed E-state index contributed by atoms with van der Waals surface area (Å²) in [6.45, 7) is 0.921. The largest absolute Gasteiger partial charge is 0.382 e. The van der Waals surface area contributed by atoms with E-state index in [-0.39, 0.29) is 0 Å². The van der Waals surface area contributed by atoms with E-state index in [0.29, 0.717) is 5.82 Å². The normalized spacial score (nSPS) is 15.1. The fraction of sp³-hybridized carbons (Fsp3) is 0.455. The molecule has 4 nitrogen and oxygen atoms in total. The first kappa shape index (κ1) is 9.96. The highest BCUT2D eigenvalue weighted by Crippen LogP contribution is 2.20. The van der Waals surface area contributed by atoms with Crippen molar-refractivity contribution in [2.24, 2.45) is 0 Å². The van der Waals surface area contributed by atoms with E-state index in [4.69, 9.17) is 5.73 Å². The van der Waals surface area contributed by atoms with Crippen LogP contribution in [0, 0.1) is 0 Å². The first-order valence-electron chi connectivity index (χ1n) is 5.34. The number of anilines is 2. The first-order valence-corrected chi connectivity index (χ1v) is 5.34. The van der Waals surface area contributed by atoms with Crippen molar-refractivity contribution in [3.63, 3.8) is 0 Å². The highest BCUT2D eigenvalue weighted by molar-refractivity contribution is 5.36. The molecule has 15 heavy (non-hydrogen) atoms. The van der Waals surface area contributed by atoms with Gasteiger partial charge in [0.15, 0.2) is 0 Å². The van der Waals surface area contributed by atoms with Gasteiger partial charge in [0.1, 0.15) is 11.6 Å². The van der Waals surface area contributed by atoms with Gasteiger partial charge in [-0.3, -0.25) is 0 Å². The van der Waals surface area contributed by atoms with E-state index in [0.717, 1.165) is 18.8 Å². The van der Waals surface area contributed by atoms with E-state index in [2.05, 4.69) is 21.4 Å². The number of allylic oxidation sites excluding steroid dienone is 1. The zero-order chi connectivity index (χ0) is 10.5. The summed E-state index contributed by atoms with van der Waals surface area (Å²) in [4.78, 5) is 8.09. The molecule has 0 aliphatic heterocycles. The summed E-state index contributed by atoms with van der Waals surface area (Å²) in [7, 11) is 0. The predicted molar refractivity (Wildman–Crippen MR) is 61.5 cm³/mol. The summed E-state index contributed by atoms with van der Waals surface area (Å²) in [6.07, 6.45) is 10.5. The molecule has 0 saturated heterocycles. The molecule has 0 saturated carbocycles. The Balaban J connectivity index is 1.75. The van der Waals surface area contributed by atoms with E-state index >= 15 is 0 Å². The number of nitrogens with zero attached hydrogens (tertiary/aromatic N) is 2. The molecular formula is C11H16N4. The van der Waals surface area contributed by atoms with Crippen LogP contribution in [-0.4, -0.2) is 16.5 Å². The lowest BCUT2D eigenvalue weighted by Gasteiger charge is -2.05. The molecule has 1 aliphatic carbocycles. The average Bonchev–Trinajstić information content (AvgIpc) is 2.74. The monoisotopic (exact) mass is 204 g/mol. The van der Waals surface area contributed by atoms with Gasteiger partial charge in [0, 0.05) is 6.54 Å². The molecule has 0 unspecified atom stereocenters. The Morgan fingerprint density at radius 2 is 2.27 bits per heavy atom. The topological polar surface area (TPSA) is 63.8 Å². The van der Waals surface area contributed by atoms with Crippen molar-refractivity contribution >= 4 is 11.6 Å². The maximum absolute atomic E-state index is 5.44. The smallest absolute Gasteiger partial charge is 0.144 e. The average molecular weight is 204 g/mol. The minimum atomic E-state index is 0.457. The van der Waals surface area contributed by atoms with Crippen LogP contribution >= 0.6 is 0 Å². The Kier molecular flexibility index (Phi) is 3.17. The standard InChI is InChI=1S/C11H16N4/c12-10-7-15-11(8-14-10)13-6-5-9-3-1-2-4-9/h3,7-8H,1-2,4-6H2,(H2,12,14)(H,13,15). The molecule has 0 fully saturated rings. The molecule has 0 aromatic carbocycles.